The molecule has 30 heavy (non-hydrogen) atoms. The van der Waals surface area contributed by atoms with Gasteiger partial charge in [0.25, 0.3) is 5.91 Å². The minimum absolute atomic E-state index is 0.157. The summed E-state index contributed by atoms with van der Waals surface area (Å²) < 4.78 is 6.78. The summed E-state index contributed by atoms with van der Waals surface area (Å²) in [6.45, 7) is 0.397. The number of aliphatic imine (C=N–C) groups is 1. The molecule has 0 radical (unpaired) electrons. The third-order valence-corrected chi connectivity index (χ3v) is 6.05. The van der Waals surface area contributed by atoms with Crippen LogP contribution in [0.2, 0.25) is 5.02 Å². The van der Waals surface area contributed by atoms with Crippen LogP contribution in [-0.4, -0.2) is 11.1 Å². The molecule has 1 saturated heterocycles. The van der Waals surface area contributed by atoms with Gasteiger partial charge in [0.05, 0.1) is 10.6 Å². The number of carbonyl (C=O) groups is 1. The summed E-state index contributed by atoms with van der Waals surface area (Å²) in [6, 6.07) is 22.7. The summed E-state index contributed by atoms with van der Waals surface area (Å²) in [7, 11) is 0. The van der Waals surface area contributed by atoms with Gasteiger partial charge in [0.2, 0.25) is 0 Å². The number of rotatable bonds is 5. The average molecular weight is 500 g/mol. The standard InChI is InChI=1S/C23H16BrClN2O2S/c24-17-7-9-18(10-8-17)26-23-27-22(28)21(30-23)13-15-5-11-19(12-6-15)29-14-16-3-1-2-4-20(16)25/h1-13H,14H2,(H,26,27,28). The van der Waals surface area contributed by atoms with Crippen molar-refractivity contribution in [3.8, 4) is 5.75 Å². The maximum absolute atomic E-state index is 12.3. The molecule has 1 heterocycles. The summed E-state index contributed by atoms with van der Waals surface area (Å²) in [6.07, 6.45) is 1.84. The van der Waals surface area contributed by atoms with Crippen molar-refractivity contribution in [3.63, 3.8) is 0 Å². The number of amidine groups is 1. The minimum Gasteiger partial charge on any atom is -0.489 e. The van der Waals surface area contributed by atoms with Crippen molar-refractivity contribution in [2.24, 2.45) is 4.99 Å². The molecule has 4 rings (SSSR count). The van der Waals surface area contributed by atoms with E-state index in [2.05, 4.69) is 26.2 Å². The fourth-order valence-corrected chi connectivity index (χ4v) is 4.00. The van der Waals surface area contributed by atoms with E-state index in [0.29, 0.717) is 21.7 Å². The predicted octanol–water partition coefficient (Wildman–Crippen LogP) is 6.57. The van der Waals surface area contributed by atoms with E-state index in [4.69, 9.17) is 16.3 Å². The summed E-state index contributed by atoms with van der Waals surface area (Å²) in [4.78, 5) is 17.3. The van der Waals surface area contributed by atoms with Crippen molar-refractivity contribution in [2.75, 3.05) is 0 Å². The van der Waals surface area contributed by atoms with E-state index in [1.54, 1.807) is 0 Å². The molecular weight excluding hydrogens is 484 g/mol. The smallest absolute Gasteiger partial charge is 0.264 e. The number of nitrogens with one attached hydrogen (secondary N) is 1. The number of hydrogen-bond acceptors (Lipinski definition) is 4. The van der Waals surface area contributed by atoms with Crippen molar-refractivity contribution in [2.45, 2.75) is 6.61 Å². The van der Waals surface area contributed by atoms with Crippen LogP contribution < -0.4 is 10.1 Å². The molecule has 0 bridgehead atoms. The molecule has 1 aliphatic rings. The molecule has 0 aromatic heterocycles. The maximum Gasteiger partial charge on any atom is 0.264 e. The lowest BCUT2D eigenvalue weighted by atomic mass is 10.2. The Bertz CT molecular complexity index is 1130. The number of benzene rings is 3. The quantitative estimate of drug-likeness (QED) is 0.404. The SMILES string of the molecule is O=C1NC(=Nc2ccc(Br)cc2)SC1=Cc1ccc(OCc2ccccc2Cl)cc1. The Morgan fingerprint density at radius 1 is 1.03 bits per heavy atom. The maximum atomic E-state index is 12.3. The van der Waals surface area contributed by atoms with Crippen LogP contribution in [0.4, 0.5) is 5.69 Å². The zero-order valence-electron chi connectivity index (χ0n) is 15.6. The third kappa shape index (κ3) is 5.33. The number of carbonyl (C=O) groups excluding carboxylic acids is 1. The van der Waals surface area contributed by atoms with Crippen LogP contribution in [-0.2, 0) is 11.4 Å². The average Bonchev–Trinajstić information content (AvgIpc) is 3.09. The van der Waals surface area contributed by atoms with E-state index >= 15 is 0 Å². The van der Waals surface area contributed by atoms with Crippen LogP contribution in [0.25, 0.3) is 6.08 Å². The van der Waals surface area contributed by atoms with Crippen LogP contribution in [0, 0.1) is 0 Å². The molecule has 7 heteroatoms. The summed E-state index contributed by atoms with van der Waals surface area (Å²) in [5.74, 6) is 0.577. The van der Waals surface area contributed by atoms with Crippen LogP contribution >= 0.6 is 39.3 Å². The normalized spacial score (nSPS) is 16.1. The molecule has 1 aliphatic heterocycles. The van der Waals surface area contributed by atoms with Crippen LogP contribution in [0.3, 0.4) is 0 Å². The first-order valence-electron chi connectivity index (χ1n) is 9.08. The van der Waals surface area contributed by atoms with E-state index < -0.39 is 0 Å². The molecule has 0 atom stereocenters. The van der Waals surface area contributed by atoms with Gasteiger partial charge in [0.15, 0.2) is 5.17 Å². The van der Waals surface area contributed by atoms with Gasteiger partial charge in [-0.25, -0.2) is 4.99 Å². The number of amides is 1. The Kier molecular flexibility index (Phi) is 6.57. The Morgan fingerprint density at radius 2 is 1.77 bits per heavy atom. The third-order valence-electron chi connectivity index (χ3n) is 4.24. The molecule has 0 spiro atoms. The van der Waals surface area contributed by atoms with E-state index in [9.17, 15) is 4.79 Å². The Morgan fingerprint density at radius 3 is 2.50 bits per heavy atom. The number of ether oxygens (including phenoxy) is 1. The molecule has 0 aliphatic carbocycles. The topological polar surface area (TPSA) is 50.7 Å². The molecular formula is C23H16BrClN2O2S. The van der Waals surface area contributed by atoms with Crippen LogP contribution in [0.5, 0.6) is 5.75 Å². The Labute approximate surface area is 192 Å². The van der Waals surface area contributed by atoms with Crippen molar-refractivity contribution >= 4 is 62.1 Å². The lowest BCUT2D eigenvalue weighted by molar-refractivity contribution is -0.115. The van der Waals surface area contributed by atoms with E-state index in [1.165, 1.54) is 11.8 Å². The second-order valence-electron chi connectivity index (χ2n) is 6.41. The summed E-state index contributed by atoms with van der Waals surface area (Å²) in [5.41, 5.74) is 2.62. The summed E-state index contributed by atoms with van der Waals surface area (Å²) >= 11 is 10.9. The van der Waals surface area contributed by atoms with Gasteiger partial charge in [0, 0.05) is 15.1 Å². The van der Waals surface area contributed by atoms with Gasteiger partial charge in [-0.3, -0.25) is 4.79 Å². The van der Waals surface area contributed by atoms with Gasteiger partial charge in [-0.1, -0.05) is 57.9 Å². The van der Waals surface area contributed by atoms with Gasteiger partial charge in [0.1, 0.15) is 12.4 Å². The molecule has 3 aromatic carbocycles. The number of hydrogen-bond donors (Lipinski definition) is 1. The largest absolute Gasteiger partial charge is 0.489 e. The van der Waals surface area contributed by atoms with Gasteiger partial charge >= 0.3 is 0 Å². The molecule has 1 fully saturated rings. The molecule has 0 unspecified atom stereocenters. The van der Waals surface area contributed by atoms with Crippen molar-refractivity contribution in [1.82, 2.24) is 5.32 Å². The van der Waals surface area contributed by atoms with Crippen LogP contribution in [0.15, 0.2) is 87.2 Å². The van der Waals surface area contributed by atoms with Gasteiger partial charge < -0.3 is 10.1 Å². The second kappa shape index (κ2) is 9.51. The first-order valence-corrected chi connectivity index (χ1v) is 11.1. The fourth-order valence-electron chi connectivity index (χ4n) is 2.70. The first kappa shape index (κ1) is 20.7. The highest BCUT2D eigenvalue weighted by atomic mass is 79.9. The highest BCUT2D eigenvalue weighted by Crippen LogP contribution is 2.29. The Hall–Kier alpha value is -2.54. The number of halogens is 2. The Balaban J connectivity index is 1.41. The van der Waals surface area contributed by atoms with Crippen molar-refractivity contribution in [1.29, 1.82) is 0 Å². The number of nitrogens with zero attached hydrogens (tertiary/aromatic N) is 1. The highest BCUT2D eigenvalue weighted by molar-refractivity contribution is 9.10. The minimum atomic E-state index is -0.157. The first-order chi connectivity index (χ1) is 14.6. The molecule has 1 N–H and O–H groups in total. The highest BCUT2D eigenvalue weighted by Gasteiger charge is 2.23. The zero-order valence-corrected chi connectivity index (χ0v) is 18.8. The zero-order chi connectivity index (χ0) is 20.9. The number of thioether (sulfide) groups is 1. The molecule has 1 amide bonds. The van der Waals surface area contributed by atoms with Crippen LogP contribution in [0.1, 0.15) is 11.1 Å². The van der Waals surface area contributed by atoms with Gasteiger partial charge in [-0.15, -0.1) is 0 Å². The second-order valence-corrected chi connectivity index (χ2v) is 8.76. The van der Waals surface area contributed by atoms with E-state index in [1.807, 2.05) is 78.9 Å². The summed E-state index contributed by atoms with van der Waals surface area (Å²) in [5, 5.41) is 4.05. The lowest BCUT2D eigenvalue weighted by Crippen LogP contribution is -2.19. The van der Waals surface area contributed by atoms with Gasteiger partial charge in [-0.2, -0.15) is 0 Å². The molecule has 3 aromatic rings. The molecule has 150 valence electrons. The lowest BCUT2D eigenvalue weighted by Gasteiger charge is -2.08. The predicted molar refractivity (Wildman–Crippen MR) is 127 cm³/mol. The van der Waals surface area contributed by atoms with E-state index in [0.717, 1.165) is 27.0 Å². The molecule has 4 nitrogen and oxygen atoms in total. The molecule has 0 saturated carbocycles. The van der Waals surface area contributed by atoms with Crippen molar-refractivity contribution < 1.29 is 9.53 Å². The van der Waals surface area contributed by atoms with Gasteiger partial charge in [-0.05, 0) is 65.9 Å². The fraction of sp³-hybridized carbons (Fsp3) is 0.0435. The monoisotopic (exact) mass is 498 g/mol. The van der Waals surface area contributed by atoms with Crippen molar-refractivity contribution in [3.05, 3.63) is 98.3 Å². The van der Waals surface area contributed by atoms with E-state index in [-0.39, 0.29) is 5.91 Å².